The van der Waals surface area contributed by atoms with Gasteiger partial charge in [0.2, 0.25) is 0 Å². The number of nitrogens with one attached hydrogen (secondary N) is 1. The Balaban J connectivity index is 1.48. The first-order valence-electron chi connectivity index (χ1n) is 9.49. The highest BCUT2D eigenvalue weighted by Crippen LogP contribution is 2.50. The second kappa shape index (κ2) is 8.96. The second-order valence-corrected chi connectivity index (χ2v) is 8.84. The molecule has 0 bridgehead atoms. The molecule has 0 amide bonds. The molecule has 12 nitrogen and oxygen atoms in total. The van der Waals surface area contributed by atoms with Gasteiger partial charge in [-0.1, -0.05) is 30.4 Å². The van der Waals surface area contributed by atoms with Gasteiger partial charge in [-0.2, -0.15) is 0 Å². The lowest BCUT2D eigenvalue weighted by Gasteiger charge is -2.20. The predicted octanol–water partition coefficient (Wildman–Crippen LogP) is 2.49. The molecule has 0 aliphatic carbocycles. The van der Waals surface area contributed by atoms with E-state index in [0.29, 0.717) is 11.2 Å². The van der Waals surface area contributed by atoms with Crippen LogP contribution >= 0.6 is 20.0 Å². The Bertz CT molecular complexity index is 1230. The third-order valence-electron chi connectivity index (χ3n) is 4.58. The monoisotopic (exact) mass is 481 g/mol. The molecule has 4 rings (SSSR count). The summed E-state index contributed by atoms with van der Waals surface area (Å²) < 4.78 is 36.1. The molecule has 4 atom stereocenters. The number of carbonyl (C=O) groups excluding carboxylic acids is 1. The molecule has 0 spiro atoms. The number of ether oxygens (including phenoxy) is 1. The fourth-order valence-corrected chi connectivity index (χ4v) is 4.63. The lowest BCUT2D eigenvalue weighted by molar-refractivity contribution is -0.133. The molecule has 170 valence electrons. The van der Waals surface area contributed by atoms with Crippen LogP contribution in [0.1, 0.15) is 19.6 Å². The van der Waals surface area contributed by atoms with Crippen molar-refractivity contribution in [3.63, 3.8) is 0 Å². The minimum atomic E-state index is -4.31. The number of nitrogens with two attached hydrogens (primary N) is 1. The van der Waals surface area contributed by atoms with Gasteiger partial charge < -0.3 is 29.6 Å². The number of anilines is 1. The number of hydrogen-bond donors (Lipinski definition) is 3. The van der Waals surface area contributed by atoms with Crippen LogP contribution < -0.4 is 10.3 Å². The Kier molecular flexibility index (Phi) is 6.26. The number of imidazole rings is 1. The van der Waals surface area contributed by atoms with Crippen molar-refractivity contribution < 1.29 is 32.8 Å². The summed E-state index contributed by atoms with van der Waals surface area (Å²) in [5.74, 6) is -0.543. The Morgan fingerprint density at radius 1 is 1.44 bits per heavy atom. The summed E-state index contributed by atoms with van der Waals surface area (Å²) in [5, 5.41) is 10.5. The summed E-state index contributed by atoms with van der Waals surface area (Å²) in [6.07, 6.45) is -0.829. The van der Waals surface area contributed by atoms with Gasteiger partial charge in [0.25, 0.3) is 0 Å². The topological polar surface area (TPSA) is 164 Å². The first-order valence-corrected chi connectivity index (χ1v) is 11.4. The third-order valence-corrected chi connectivity index (χ3v) is 6.24. The molecule has 1 aliphatic rings. The van der Waals surface area contributed by atoms with Crippen LogP contribution in [0.25, 0.3) is 11.2 Å². The molecule has 0 radical (unpaired) electrons. The number of aromatic amines is 1. The zero-order valence-corrected chi connectivity index (χ0v) is 18.5. The lowest BCUT2D eigenvalue weighted by Crippen LogP contribution is -2.26. The normalized spacial score (nSPS) is 22.5. The van der Waals surface area contributed by atoms with Crippen molar-refractivity contribution in [3.05, 3.63) is 41.3 Å². The van der Waals surface area contributed by atoms with E-state index >= 15 is 0 Å². The van der Waals surface area contributed by atoms with Crippen LogP contribution in [0.15, 0.2) is 36.7 Å². The predicted molar refractivity (Wildman–Crippen MR) is 114 cm³/mol. The van der Waals surface area contributed by atoms with E-state index in [1.54, 1.807) is 22.8 Å². The number of H-pyrrole nitrogens is 1. The fraction of sp³-hybridized carbons (Fsp3) is 0.333. The summed E-state index contributed by atoms with van der Waals surface area (Å²) >= 11 is 5.16. The standard InChI is InChI=1S/C18H20N5O7PS/c1-10(24)29-31(26,30-11-5-3-2-4-6-11)27-8-13-12(25)7-14(28-13)23-9-20-15-16(23)21-18(19)22-17(15)32/h2-6,9,12-14,25H,7-8H2,1H3,(H3,19,21,22,32)/t12-,13+,14+,31?/m0/s1. The van der Waals surface area contributed by atoms with Gasteiger partial charge in [0.15, 0.2) is 10.6 Å². The quantitative estimate of drug-likeness (QED) is 0.335. The molecule has 3 aromatic rings. The van der Waals surface area contributed by atoms with E-state index in [9.17, 15) is 14.5 Å². The van der Waals surface area contributed by atoms with Gasteiger partial charge in [0.1, 0.15) is 29.2 Å². The van der Waals surface area contributed by atoms with Crippen LogP contribution in [0.5, 0.6) is 5.75 Å². The minimum absolute atomic E-state index is 0.114. The van der Waals surface area contributed by atoms with Crippen LogP contribution in [0.4, 0.5) is 5.95 Å². The first-order chi connectivity index (χ1) is 15.2. The number of aliphatic hydroxyl groups excluding tert-OH is 1. The number of benzene rings is 1. The maximum absolute atomic E-state index is 12.9. The van der Waals surface area contributed by atoms with Crippen LogP contribution in [0.3, 0.4) is 0 Å². The molecular formula is C18H20N5O7PS. The summed E-state index contributed by atoms with van der Waals surface area (Å²) in [6.45, 7) is 0.720. The molecule has 0 saturated carbocycles. The molecule has 14 heteroatoms. The maximum atomic E-state index is 12.9. The molecule has 1 aromatic carbocycles. The van der Waals surface area contributed by atoms with E-state index in [4.69, 9.17) is 36.3 Å². The number of para-hydroxylation sites is 1. The van der Waals surface area contributed by atoms with Gasteiger partial charge in [-0.05, 0) is 12.1 Å². The second-order valence-electron chi connectivity index (χ2n) is 6.94. The molecule has 1 saturated heterocycles. The molecule has 1 fully saturated rings. The van der Waals surface area contributed by atoms with Crippen molar-refractivity contribution in [3.8, 4) is 5.75 Å². The van der Waals surface area contributed by atoms with Crippen molar-refractivity contribution in [1.29, 1.82) is 0 Å². The van der Waals surface area contributed by atoms with Crippen molar-refractivity contribution in [2.45, 2.75) is 31.8 Å². The highest BCUT2D eigenvalue weighted by molar-refractivity contribution is 7.71. The third kappa shape index (κ3) is 4.81. The Labute approximate surface area is 186 Å². The Morgan fingerprint density at radius 2 is 2.19 bits per heavy atom. The van der Waals surface area contributed by atoms with Crippen LogP contribution in [-0.2, 0) is 23.1 Å². The fourth-order valence-electron chi connectivity index (χ4n) is 3.21. The number of aliphatic hydroxyl groups is 1. The van der Waals surface area contributed by atoms with Gasteiger partial charge in [0, 0.05) is 13.3 Å². The molecule has 32 heavy (non-hydrogen) atoms. The average Bonchev–Trinajstić information content (AvgIpc) is 3.30. The van der Waals surface area contributed by atoms with Crippen LogP contribution in [0.2, 0.25) is 0 Å². The molecular weight excluding hydrogens is 461 g/mol. The van der Waals surface area contributed by atoms with Crippen LogP contribution in [-0.4, -0.2) is 49.4 Å². The van der Waals surface area contributed by atoms with E-state index in [-0.39, 0.29) is 29.4 Å². The van der Waals surface area contributed by atoms with Gasteiger partial charge in [-0.15, -0.1) is 0 Å². The molecule has 2 aromatic heterocycles. The van der Waals surface area contributed by atoms with Crippen molar-refractivity contribution in [2.24, 2.45) is 0 Å². The number of phosphoric ester groups is 1. The van der Waals surface area contributed by atoms with Crippen molar-refractivity contribution >= 4 is 43.1 Å². The zero-order chi connectivity index (χ0) is 22.9. The summed E-state index contributed by atoms with van der Waals surface area (Å²) in [6, 6.07) is 8.12. The molecule has 1 unspecified atom stereocenters. The largest absolute Gasteiger partial charge is 0.589 e. The highest BCUT2D eigenvalue weighted by atomic mass is 32.1. The van der Waals surface area contributed by atoms with E-state index in [2.05, 4.69) is 15.0 Å². The molecule has 4 N–H and O–H groups in total. The summed E-state index contributed by atoms with van der Waals surface area (Å²) in [5.41, 5.74) is 6.65. The van der Waals surface area contributed by atoms with Gasteiger partial charge in [-0.3, -0.25) is 13.9 Å². The highest BCUT2D eigenvalue weighted by Gasteiger charge is 2.40. The van der Waals surface area contributed by atoms with E-state index < -0.39 is 32.2 Å². The van der Waals surface area contributed by atoms with Gasteiger partial charge >= 0.3 is 13.8 Å². The molecule has 3 heterocycles. The number of nitrogens with zero attached hydrogens (tertiary/aromatic N) is 3. The number of hydrogen-bond acceptors (Lipinski definition) is 11. The smallest absolute Gasteiger partial charge is 0.395 e. The number of phosphoric acid groups is 1. The molecule has 1 aliphatic heterocycles. The number of fused-ring (bicyclic) bond motifs is 1. The van der Waals surface area contributed by atoms with Gasteiger partial charge in [0.05, 0.1) is 19.0 Å². The first kappa shape index (κ1) is 22.4. The number of rotatable bonds is 7. The zero-order valence-electron chi connectivity index (χ0n) is 16.8. The van der Waals surface area contributed by atoms with E-state index in [1.807, 2.05) is 0 Å². The summed E-state index contributed by atoms with van der Waals surface area (Å²) in [7, 11) is -4.31. The maximum Gasteiger partial charge on any atom is 0.589 e. The lowest BCUT2D eigenvalue weighted by atomic mass is 10.2. The SMILES string of the molecule is CC(=O)OP(=O)(OC[C@H]1O[C@@H](n2cnc3c(=S)nc(N)[nH]c32)C[C@@H]1O)Oc1ccccc1. The van der Waals surface area contributed by atoms with E-state index in [0.717, 1.165) is 6.92 Å². The number of aromatic nitrogens is 4. The van der Waals surface area contributed by atoms with Crippen molar-refractivity contribution in [1.82, 2.24) is 19.5 Å². The summed E-state index contributed by atoms with van der Waals surface area (Å²) in [4.78, 5) is 22.5. The van der Waals surface area contributed by atoms with Gasteiger partial charge in [-0.25, -0.2) is 14.5 Å². The number of nitrogen functional groups attached to an aromatic ring is 1. The van der Waals surface area contributed by atoms with E-state index in [1.165, 1.54) is 18.5 Å². The minimum Gasteiger partial charge on any atom is -0.395 e. The average molecular weight is 481 g/mol. The number of carbonyl (C=O) groups is 1. The Morgan fingerprint density at radius 3 is 2.91 bits per heavy atom. The van der Waals surface area contributed by atoms with Crippen molar-refractivity contribution in [2.75, 3.05) is 12.3 Å². The van der Waals surface area contributed by atoms with Crippen LogP contribution in [0, 0.1) is 4.64 Å². The Hall–Kier alpha value is -2.83.